The molecule has 1 aromatic rings. The molecule has 0 saturated heterocycles. The quantitative estimate of drug-likeness (QED) is 0.516. The summed E-state index contributed by atoms with van der Waals surface area (Å²) < 4.78 is 5.20. The van der Waals surface area contributed by atoms with E-state index in [9.17, 15) is 4.79 Å². The molecule has 1 amide bonds. The van der Waals surface area contributed by atoms with Crippen LogP contribution in [0.3, 0.4) is 0 Å². The van der Waals surface area contributed by atoms with Crippen LogP contribution in [-0.2, 0) is 4.74 Å². The normalized spacial score (nSPS) is 9.93. The minimum atomic E-state index is -0.261. The van der Waals surface area contributed by atoms with E-state index in [1.54, 1.807) is 0 Å². The Morgan fingerprint density at radius 3 is 3.13 bits per heavy atom. The molecule has 0 unspecified atom stereocenters. The highest BCUT2D eigenvalue weighted by Gasteiger charge is 2.06. The molecule has 0 aliphatic carbocycles. The van der Waals surface area contributed by atoms with Crippen molar-refractivity contribution in [1.29, 1.82) is 0 Å². The number of amides is 1. The molecular formula is C9H14N4O2. The SMILES string of the molecule is C=C(C)COCCNC(=O)c1cn[nH]n1. The predicted molar refractivity (Wildman–Crippen MR) is 54.3 cm³/mol. The van der Waals surface area contributed by atoms with Crippen LogP contribution in [0, 0.1) is 0 Å². The summed E-state index contributed by atoms with van der Waals surface area (Å²) in [6.45, 7) is 6.99. The van der Waals surface area contributed by atoms with Gasteiger partial charge in [0.25, 0.3) is 5.91 Å². The summed E-state index contributed by atoms with van der Waals surface area (Å²) in [5.74, 6) is -0.261. The van der Waals surface area contributed by atoms with E-state index in [4.69, 9.17) is 4.74 Å². The van der Waals surface area contributed by atoms with Gasteiger partial charge in [0.15, 0.2) is 5.69 Å². The second-order valence-electron chi connectivity index (χ2n) is 3.12. The summed E-state index contributed by atoms with van der Waals surface area (Å²) in [5.41, 5.74) is 1.23. The number of nitrogens with one attached hydrogen (secondary N) is 2. The van der Waals surface area contributed by atoms with Gasteiger partial charge < -0.3 is 10.1 Å². The zero-order valence-corrected chi connectivity index (χ0v) is 8.62. The number of H-pyrrole nitrogens is 1. The fraction of sp³-hybridized carbons (Fsp3) is 0.444. The second kappa shape index (κ2) is 5.92. The fourth-order valence-electron chi connectivity index (χ4n) is 0.885. The van der Waals surface area contributed by atoms with E-state index in [0.717, 1.165) is 5.57 Å². The molecule has 15 heavy (non-hydrogen) atoms. The first kappa shape index (κ1) is 11.4. The molecule has 2 N–H and O–H groups in total. The Hall–Kier alpha value is -1.69. The maximum atomic E-state index is 11.3. The molecule has 82 valence electrons. The molecule has 0 aromatic carbocycles. The van der Waals surface area contributed by atoms with Crippen LogP contribution in [0.5, 0.6) is 0 Å². The first-order chi connectivity index (χ1) is 7.20. The highest BCUT2D eigenvalue weighted by atomic mass is 16.5. The lowest BCUT2D eigenvalue weighted by molar-refractivity contribution is 0.0922. The third-order valence-electron chi connectivity index (χ3n) is 1.53. The minimum Gasteiger partial charge on any atom is -0.375 e. The summed E-state index contributed by atoms with van der Waals surface area (Å²) >= 11 is 0. The van der Waals surface area contributed by atoms with E-state index < -0.39 is 0 Å². The molecule has 1 heterocycles. The molecule has 0 atom stereocenters. The van der Waals surface area contributed by atoms with Crippen molar-refractivity contribution in [3.8, 4) is 0 Å². The van der Waals surface area contributed by atoms with Crippen LogP contribution < -0.4 is 5.32 Å². The zero-order valence-electron chi connectivity index (χ0n) is 8.62. The van der Waals surface area contributed by atoms with Gasteiger partial charge in [-0.3, -0.25) is 4.79 Å². The number of carbonyl (C=O) groups excluding carboxylic acids is 1. The molecule has 0 saturated carbocycles. The first-order valence-corrected chi connectivity index (χ1v) is 4.56. The van der Waals surface area contributed by atoms with Crippen molar-refractivity contribution in [2.45, 2.75) is 6.92 Å². The van der Waals surface area contributed by atoms with Crippen LogP contribution in [0.25, 0.3) is 0 Å². The molecule has 0 fully saturated rings. The Morgan fingerprint density at radius 1 is 1.73 bits per heavy atom. The Kier molecular flexibility index (Phi) is 4.49. The number of rotatable bonds is 6. The smallest absolute Gasteiger partial charge is 0.273 e. The number of aromatic nitrogens is 3. The van der Waals surface area contributed by atoms with Crippen LogP contribution in [0.2, 0.25) is 0 Å². The standard InChI is InChI=1S/C9H14N4O2/c1-7(2)6-15-4-3-10-9(14)8-5-11-13-12-8/h5H,1,3-4,6H2,2H3,(H,10,14)(H,11,12,13). The van der Waals surface area contributed by atoms with E-state index in [-0.39, 0.29) is 11.6 Å². The van der Waals surface area contributed by atoms with E-state index in [1.165, 1.54) is 6.20 Å². The number of carbonyl (C=O) groups is 1. The van der Waals surface area contributed by atoms with Crippen LogP contribution in [-0.4, -0.2) is 41.1 Å². The van der Waals surface area contributed by atoms with Gasteiger partial charge in [0.05, 0.1) is 19.4 Å². The summed E-state index contributed by atoms with van der Waals surface area (Å²) in [4.78, 5) is 11.3. The maximum Gasteiger partial charge on any atom is 0.273 e. The average molecular weight is 210 g/mol. The molecule has 1 aromatic heterocycles. The highest BCUT2D eigenvalue weighted by molar-refractivity contribution is 5.91. The fourth-order valence-corrected chi connectivity index (χ4v) is 0.885. The van der Waals surface area contributed by atoms with Gasteiger partial charge in [0, 0.05) is 6.54 Å². The van der Waals surface area contributed by atoms with Crippen LogP contribution in [0.15, 0.2) is 18.3 Å². The summed E-state index contributed by atoms with van der Waals surface area (Å²) in [6.07, 6.45) is 1.37. The number of hydrogen-bond donors (Lipinski definition) is 2. The number of nitrogens with zero attached hydrogens (tertiary/aromatic N) is 2. The maximum absolute atomic E-state index is 11.3. The monoisotopic (exact) mass is 210 g/mol. The summed E-state index contributed by atoms with van der Waals surface area (Å²) in [5, 5.41) is 12.2. The van der Waals surface area contributed by atoms with Gasteiger partial charge in [-0.05, 0) is 6.92 Å². The Balaban J connectivity index is 2.10. The average Bonchev–Trinajstić information content (AvgIpc) is 2.69. The van der Waals surface area contributed by atoms with Crippen LogP contribution in [0.1, 0.15) is 17.4 Å². The molecule has 0 bridgehead atoms. The second-order valence-corrected chi connectivity index (χ2v) is 3.12. The molecule has 0 aliphatic rings. The molecule has 6 heteroatoms. The first-order valence-electron chi connectivity index (χ1n) is 4.56. The van der Waals surface area contributed by atoms with Gasteiger partial charge in [-0.2, -0.15) is 15.4 Å². The van der Waals surface area contributed by atoms with Crippen molar-refractivity contribution >= 4 is 5.91 Å². The van der Waals surface area contributed by atoms with Gasteiger partial charge in [0.2, 0.25) is 0 Å². The van der Waals surface area contributed by atoms with Crippen LogP contribution in [0.4, 0.5) is 0 Å². The Labute approximate surface area is 87.7 Å². The summed E-state index contributed by atoms with van der Waals surface area (Å²) in [6, 6.07) is 0. The van der Waals surface area contributed by atoms with Gasteiger partial charge in [-0.1, -0.05) is 12.2 Å². The van der Waals surface area contributed by atoms with Gasteiger partial charge >= 0.3 is 0 Å². The molecular weight excluding hydrogens is 196 g/mol. The third-order valence-corrected chi connectivity index (χ3v) is 1.53. The van der Waals surface area contributed by atoms with Gasteiger partial charge in [0.1, 0.15) is 0 Å². The lowest BCUT2D eigenvalue weighted by Crippen LogP contribution is -2.27. The van der Waals surface area contributed by atoms with E-state index in [1.807, 2.05) is 6.92 Å². The van der Waals surface area contributed by atoms with Gasteiger partial charge in [-0.15, -0.1) is 0 Å². The topological polar surface area (TPSA) is 79.9 Å². The molecule has 0 aliphatic heterocycles. The highest BCUT2D eigenvalue weighted by Crippen LogP contribution is 1.89. The number of aromatic amines is 1. The lowest BCUT2D eigenvalue weighted by Gasteiger charge is -2.04. The number of ether oxygens (including phenoxy) is 1. The zero-order chi connectivity index (χ0) is 11.1. The minimum absolute atomic E-state index is 0.261. The third kappa shape index (κ3) is 4.37. The Bertz CT molecular complexity index is 321. The largest absolute Gasteiger partial charge is 0.375 e. The molecule has 0 radical (unpaired) electrons. The molecule has 1 rings (SSSR count). The van der Waals surface area contributed by atoms with Crippen molar-refractivity contribution in [2.75, 3.05) is 19.8 Å². The van der Waals surface area contributed by atoms with Crippen LogP contribution >= 0.6 is 0 Å². The van der Waals surface area contributed by atoms with Crippen molar-refractivity contribution < 1.29 is 9.53 Å². The van der Waals surface area contributed by atoms with Gasteiger partial charge in [-0.25, -0.2) is 0 Å². The summed E-state index contributed by atoms with van der Waals surface area (Å²) in [7, 11) is 0. The van der Waals surface area contributed by atoms with E-state index in [0.29, 0.717) is 19.8 Å². The lowest BCUT2D eigenvalue weighted by atomic mass is 10.4. The van der Waals surface area contributed by atoms with Crippen molar-refractivity contribution in [2.24, 2.45) is 0 Å². The predicted octanol–water partition coefficient (Wildman–Crippen LogP) is 0.127. The van der Waals surface area contributed by atoms with E-state index >= 15 is 0 Å². The molecule has 0 spiro atoms. The van der Waals surface area contributed by atoms with Crippen molar-refractivity contribution in [3.63, 3.8) is 0 Å². The number of hydrogen-bond acceptors (Lipinski definition) is 4. The Morgan fingerprint density at radius 2 is 2.53 bits per heavy atom. The van der Waals surface area contributed by atoms with Crippen molar-refractivity contribution in [1.82, 2.24) is 20.7 Å². The van der Waals surface area contributed by atoms with E-state index in [2.05, 4.69) is 27.3 Å². The van der Waals surface area contributed by atoms with Crippen molar-refractivity contribution in [3.05, 3.63) is 24.0 Å². The molecule has 6 nitrogen and oxygen atoms in total.